The lowest BCUT2D eigenvalue weighted by Crippen LogP contribution is -2.42. The Balaban J connectivity index is 1.84. The van der Waals surface area contributed by atoms with E-state index in [1.165, 1.54) is 0 Å². The van der Waals surface area contributed by atoms with Gasteiger partial charge in [0.1, 0.15) is 0 Å². The monoisotopic (exact) mass is 354 g/mol. The topological polar surface area (TPSA) is 69.6 Å². The van der Waals surface area contributed by atoms with Crippen molar-refractivity contribution in [1.29, 1.82) is 0 Å². The van der Waals surface area contributed by atoms with Crippen molar-refractivity contribution in [2.75, 3.05) is 7.05 Å². The van der Waals surface area contributed by atoms with Crippen LogP contribution < -0.4 is 5.32 Å². The highest BCUT2D eigenvalue weighted by molar-refractivity contribution is 9.10. The Morgan fingerprint density at radius 2 is 2.19 bits per heavy atom. The van der Waals surface area contributed by atoms with Crippen LogP contribution in [0.2, 0.25) is 0 Å². The van der Waals surface area contributed by atoms with Gasteiger partial charge in [0.2, 0.25) is 0 Å². The fraction of sp³-hybridized carbons (Fsp3) is 0.467. The highest BCUT2D eigenvalue weighted by Gasteiger charge is 2.30. The van der Waals surface area contributed by atoms with Crippen LogP contribution >= 0.6 is 15.9 Å². The van der Waals surface area contributed by atoms with E-state index in [9.17, 15) is 9.59 Å². The van der Waals surface area contributed by atoms with Crippen molar-refractivity contribution in [1.82, 2.24) is 10.2 Å². The van der Waals surface area contributed by atoms with Crippen molar-refractivity contribution in [3.63, 3.8) is 0 Å². The number of benzene rings is 1. The zero-order valence-electron chi connectivity index (χ0n) is 11.9. The second-order valence-corrected chi connectivity index (χ2v) is 6.40. The van der Waals surface area contributed by atoms with E-state index in [0.717, 1.165) is 16.5 Å². The van der Waals surface area contributed by atoms with E-state index >= 15 is 0 Å². The standard InChI is InChI=1S/C15H19BrN2O3/c1-18(9-10-3-2-4-12(16)7-10)15(21)17-13-6-5-11(8-13)14(19)20/h2-4,7,11,13H,5-6,8-9H2,1H3,(H,17,21)(H,19,20)/t11-,13+/m1/s1. The number of halogens is 1. The van der Waals surface area contributed by atoms with E-state index < -0.39 is 5.97 Å². The maximum absolute atomic E-state index is 12.1. The molecule has 1 saturated carbocycles. The summed E-state index contributed by atoms with van der Waals surface area (Å²) in [5, 5.41) is 11.9. The SMILES string of the molecule is CN(Cc1cccc(Br)c1)C(=O)N[C@H]1CC[C@@H](C(=O)O)C1. The minimum atomic E-state index is -0.769. The Hall–Kier alpha value is -1.56. The van der Waals surface area contributed by atoms with E-state index in [4.69, 9.17) is 5.11 Å². The largest absolute Gasteiger partial charge is 0.481 e. The van der Waals surface area contributed by atoms with Crippen LogP contribution in [0.4, 0.5) is 4.79 Å². The van der Waals surface area contributed by atoms with Crippen LogP contribution in [0.25, 0.3) is 0 Å². The van der Waals surface area contributed by atoms with Crippen LogP contribution in [-0.2, 0) is 11.3 Å². The molecule has 0 heterocycles. The minimum Gasteiger partial charge on any atom is -0.481 e. The number of carbonyl (C=O) groups is 2. The van der Waals surface area contributed by atoms with Gasteiger partial charge in [-0.05, 0) is 37.0 Å². The van der Waals surface area contributed by atoms with Gasteiger partial charge in [-0.1, -0.05) is 28.1 Å². The molecule has 1 aromatic rings. The summed E-state index contributed by atoms with van der Waals surface area (Å²) in [5.74, 6) is -1.10. The van der Waals surface area contributed by atoms with Crippen LogP contribution in [-0.4, -0.2) is 35.1 Å². The van der Waals surface area contributed by atoms with Crippen molar-refractivity contribution in [2.45, 2.75) is 31.8 Å². The number of carbonyl (C=O) groups excluding carboxylic acids is 1. The molecule has 2 N–H and O–H groups in total. The fourth-order valence-corrected chi connectivity index (χ4v) is 3.05. The molecule has 1 aliphatic rings. The number of nitrogens with one attached hydrogen (secondary N) is 1. The van der Waals surface area contributed by atoms with E-state index in [1.807, 2.05) is 24.3 Å². The molecule has 1 aliphatic carbocycles. The summed E-state index contributed by atoms with van der Waals surface area (Å²) in [7, 11) is 1.74. The van der Waals surface area contributed by atoms with Crippen molar-refractivity contribution in [3.05, 3.63) is 34.3 Å². The molecule has 0 spiro atoms. The maximum atomic E-state index is 12.1. The van der Waals surface area contributed by atoms with Crippen LogP contribution in [0.5, 0.6) is 0 Å². The Morgan fingerprint density at radius 1 is 1.43 bits per heavy atom. The summed E-state index contributed by atoms with van der Waals surface area (Å²) in [6.45, 7) is 0.514. The molecule has 6 heteroatoms. The van der Waals surface area contributed by atoms with Gasteiger partial charge in [0.15, 0.2) is 0 Å². The van der Waals surface area contributed by atoms with Gasteiger partial charge < -0.3 is 15.3 Å². The number of amides is 2. The van der Waals surface area contributed by atoms with Crippen LogP contribution in [0.3, 0.4) is 0 Å². The number of hydrogen-bond donors (Lipinski definition) is 2. The Labute approximate surface area is 132 Å². The number of aliphatic carboxylic acids is 1. The zero-order valence-corrected chi connectivity index (χ0v) is 13.5. The van der Waals surface area contributed by atoms with E-state index in [0.29, 0.717) is 19.4 Å². The van der Waals surface area contributed by atoms with Crippen molar-refractivity contribution >= 4 is 27.9 Å². The molecular formula is C15H19BrN2O3. The summed E-state index contributed by atoms with van der Waals surface area (Å²) >= 11 is 3.41. The third kappa shape index (κ3) is 4.46. The highest BCUT2D eigenvalue weighted by atomic mass is 79.9. The molecule has 0 aromatic heterocycles. The molecule has 0 aliphatic heterocycles. The minimum absolute atomic E-state index is 0.0384. The zero-order chi connectivity index (χ0) is 15.4. The molecule has 1 fully saturated rings. The second-order valence-electron chi connectivity index (χ2n) is 5.48. The van der Waals surface area contributed by atoms with Gasteiger partial charge in [-0.15, -0.1) is 0 Å². The first-order valence-electron chi connectivity index (χ1n) is 6.94. The van der Waals surface area contributed by atoms with E-state index in [1.54, 1.807) is 11.9 Å². The first-order chi connectivity index (χ1) is 9.95. The Bertz CT molecular complexity index is 535. The molecule has 21 heavy (non-hydrogen) atoms. The molecule has 2 atom stereocenters. The number of urea groups is 1. The average Bonchev–Trinajstić information content (AvgIpc) is 2.87. The summed E-state index contributed by atoms with van der Waals surface area (Å²) in [5.41, 5.74) is 1.04. The molecule has 0 unspecified atom stereocenters. The lowest BCUT2D eigenvalue weighted by atomic mass is 10.1. The van der Waals surface area contributed by atoms with Crippen molar-refractivity contribution in [2.24, 2.45) is 5.92 Å². The molecule has 0 bridgehead atoms. The van der Waals surface area contributed by atoms with Crippen molar-refractivity contribution in [3.8, 4) is 0 Å². The van der Waals surface area contributed by atoms with Crippen molar-refractivity contribution < 1.29 is 14.7 Å². The number of rotatable bonds is 4. The predicted molar refractivity (Wildman–Crippen MR) is 82.9 cm³/mol. The van der Waals surface area contributed by atoms with Gasteiger partial charge in [-0.2, -0.15) is 0 Å². The molecule has 1 aromatic carbocycles. The lowest BCUT2D eigenvalue weighted by Gasteiger charge is -2.21. The van der Waals surface area contributed by atoms with Gasteiger partial charge in [0.25, 0.3) is 0 Å². The normalized spacial score (nSPS) is 21.0. The smallest absolute Gasteiger partial charge is 0.317 e. The number of hydrogen-bond acceptors (Lipinski definition) is 2. The third-order valence-electron chi connectivity index (χ3n) is 3.76. The average molecular weight is 355 g/mol. The van der Waals surface area contributed by atoms with Gasteiger partial charge in [-0.3, -0.25) is 4.79 Å². The van der Waals surface area contributed by atoms with Gasteiger partial charge >= 0.3 is 12.0 Å². The van der Waals surface area contributed by atoms with Gasteiger partial charge in [0, 0.05) is 24.1 Å². The van der Waals surface area contributed by atoms with E-state index in [-0.39, 0.29) is 18.0 Å². The van der Waals surface area contributed by atoms with Gasteiger partial charge in [0.05, 0.1) is 5.92 Å². The summed E-state index contributed by atoms with van der Waals surface area (Å²) < 4.78 is 0.980. The highest BCUT2D eigenvalue weighted by Crippen LogP contribution is 2.25. The molecule has 5 nitrogen and oxygen atoms in total. The molecule has 2 amide bonds. The number of nitrogens with zero attached hydrogens (tertiary/aromatic N) is 1. The molecule has 2 rings (SSSR count). The maximum Gasteiger partial charge on any atom is 0.317 e. The predicted octanol–water partition coefficient (Wildman–Crippen LogP) is 2.84. The Morgan fingerprint density at radius 3 is 2.81 bits per heavy atom. The molecule has 114 valence electrons. The molecular weight excluding hydrogens is 336 g/mol. The lowest BCUT2D eigenvalue weighted by molar-refractivity contribution is -0.141. The van der Waals surface area contributed by atoms with Crippen LogP contribution in [0, 0.1) is 5.92 Å². The fourth-order valence-electron chi connectivity index (χ4n) is 2.60. The summed E-state index contributed by atoms with van der Waals surface area (Å²) in [4.78, 5) is 24.6. The van der Waals surface area contributed by atoms with Gasteiger partial charge in [-0.25, -0.2) is 4.79 Å². The first kappa shape index (κ1) is 15.8. The van der Waals surface area contributed by atoms with Crippen LogP contribution in [0.1, 0.15) is 24.8 Å². The first-order valence-corrected chi connectivity index (χ1v) is 7.74. The molecule has 0 saturated heterocycles. The molecule has 0 radical (unpaired) electrons. The second kappa shape index (κ2) is 6.93. The quantitative estimate of drug-likeness (QED) is 0.873. The summed E-state index contributed by atoms with van der Waals surface area (Å²) in [6, 6.07) is 7.60. The number of carboxylic acids is 1. The van der Waals surface area contributed by atoms with E-state index in [2.05, 4.69) is 21.2 Å². The third-order valence-corrected chi connectivity index (χ3v) is 4.26. The van der Waals surface area contributed by atoms with Crippen LogP contribution in [0.15, 0.2) is 28.7 Å². The Kier molecular flexibility index (Phi) is 5.22. The summed E-state index contributed by atoms with van der Waals surface area (Å²) in [6.07, 6.45) is 1.88. The number of carboxylic acid groups (broad SMARTS) is 1.